The highest BCUT2D eigenvalue weighted by molar-refractivity contribution is 6.11. The first-order chi connectivity index (χ1) is 13.3. The van der Waals surface area contributed by atoms with Gasteiger partial charge in [0, 0.05) is 17.2 Å². The number of anilines is 1. The highest BCUT2D eigenvalue weighted by atomic mass is 19.1. The van der Waals surface area contributed by atoms with Crippen molar-refractivity contribution in [3.63, 3.8) is 0 Å². The maximum Gasteiger partial charge on any atom is 0.258 e. The molecule has 0 aliphatic heterocycles. The molecular formula is C23H19F2NO2. The van der Waals surface area contributed by atoms with Gasteiger partial charge < -0.3 is 0 Å². The number of aryl methyl sites for hydroxylation is 2. The Bertz CT molecular complexity index is 1010. The van der Waals surface area contributed by atoms with E-state index in [0.717, 1.165) is 22.1 Å². The van der Waals surface area contributed by atoms with E-state index >= 15 is 0 Å². The van der Waals surface area contributed by atoms with Crippen molar-refractivity contribution in [3.05, 3.63) is 101 Å². The summed E-state index contributed by atoms with van der Waals surface area (Å²) >= 11 is 0. The van der Waals surface area contributed by atoms with E-state index in [1.165, 1.54) is 6.07 Å². The van der Waals surface area contributed by atoms with E-state index in [-0.39, 0.29) is 18.0 Å². The standard InChI is InChI=1S/C23H19F2NO2/c1-15-3-7-17(8-4-15)22(27)14-26(21-12-11-19(24)13-20(21)25)23(28)18-9-5-16(2)6-10-18/h3-13H,14H2,1-2H3. The van der Waals surface area contributed by atoms with Gasteiger partial charge in [0.25, 0.3) is 5.91 Å². The molecule has 0 unspecified atom stereocenters. The smallest absolute Gasteiger partial charge is 0.258 e. The number of hydrogen-bond donors (Lipinski definition) is 0. The zero-order valence-electron chi connectivity index (χ0n) is 15.6. The lowest BCUT2D eigenvalue weighted by Gasteiger charge is -2.23. The average molecular weight is 379 g/mol. The Kier molecular flexibility index (Phi) is 5.64. The van der Waals surface area contributed by atoms with Crippen LogP contribution in [-0.2, 0) is 0 Å². The third kappa shape index (κ3) is 4.31. The van der Waals surface area contributed by atoms with Gasteiger partial charge in [-0.25, -0.2) is 8.78 Å². The first kappa shape index (κ1) is 19.4. The number of hydrogen-bond acceptors (Lipinski definition) is 2. The molecule has 0 aromatic heterocycles. The van der Waals surface area contributed by atoms with Crippen LogP contribution in [0.3, 0.4) is 0 Å². The lowest BCUT2D eigenvalue weighted by atomic mass is 10.1. The summed E-state index contributed by atoms with van der Waals surface area (Å²) in [6.45, 7) is 3.42. The molecule has 0 saturated heterocycles. The molecule has 0 aliphatic carbocycles. The van der Waals surface area contributed by atoms with Gasteiger partial charge in [-0.15, -0.1) is 0 Å². The van der Waals surface area contributed by atoms with Gasteiger partial charge >= 0.3 is 0 Å². The van der Waals surface area contributed by atoms with E-state index < -0.39 is 17.5 Å². The molecule has 28 heavy (non-hydrogen) atoms. The van der Waals surface area contributed by atoms with Crippen molar-refractivity contribution in [2.75, 3.05) is 11.4 Å². The van der Waals surface area contributed by atoms with Crippen LogP contribution < -0.4 is 4.90 Å². The molecule has 0 N–H and O–H groups in total. The van der Waals surface area contributed by atoms with E-state index in [4.69, 9.17) is 0 Å². The number of carbonyl (C=O) groups is 2. The Labute approximate surface area is 162 Å². The molecule has 0 fully saturated rings. The van der Waals surface area contributed by atoms with Gasteiger partial charge in [0.2, 0.25) is 0 Å². The van der Waals surface area contributed by atoms with Crippen LogP contribution in [-0.4, -0.2) is 18.2 Å². The molecule has 0 aliphatic rings. The van der Waals surface area contributed by atoms with E-state index in [9.17, 15) is 18.4 Å². The molecule has 3 rings (SSSR count). The Morgan fingerprint density at radius 3 is 1.86 bits per heavy atom. The van der Waals surface area contributed by atoms with Crippen LogP contribution in [0.5, 0.6) is 0 Å². The van der Waals surface area contributed by atoms with Crippen LogP contribution >= 0.6 is 0 Å². The van der Waals surface area contributed by atoms with Crippen LogP contribution in [0.4, 0.5) is 14.5 Å². The topological polar surface area (TPSA) is 37.4 Å². The molecule has 3 aromatic rings. The first-order valence-corrected chi connectivity index (χ1v) is 8.78. The number of carbonyl (C=O) groups excluding carboxylic acids is 2. The van der Waals surface area contributed by atoms with Gasteiger partial charge in [0.15, 0.2) is 5.78 Å². The summed E-state index contributed by atoms with van der Waals surface area (Å²) in [5, 5.41) is 0. The molecule has 1 amide bonds. The number of nitrogens with zero attached hydrogens (tertiary/aromatic N) is 1. The summed E-state index contributed by atoms with van der Waals surface area (Å²) in [7, 11) is 0. The summed E-state index contributed by atoms with van der Waals surface area (Å²) < 4.78 is 27.7. The minimum Gasteiger partial charge on any atom is -0.298 e. The summed E-state index contributed by atoms with van der Waals surface area (Å²) in [6, 6.07) is 16.6. The van der Waals surface area contributed by atoms with Crippen molar-refractivity contribution in [2.45, 2.75) is 13.8 Å². The third-order valence-electron chi connectivity index (χ3n) is 4.42. The van der Waals surface area contributed by atoms with Crippen molar-refractivity contribution >= 4 is 17.4 Å². The van der Waals surface area contributed by atoms with E-state index in [1.807, 2.05) is 13.8 Å². The second-order valence-corrected chi connectivity index (χ2v) is 6.64. The van der Waals surface area contributed by atoms with Gasteiger partial charge in [-0.3, -0.25) is 14.5 Å². The number of Topliss-reactive ketones (excluding diaryl/α,β-unsaturated/α-hetero) is 1. The van der Waals surface area contributed by atoms with Gasteiger partial charge in [-0.1, -0.05) is 47.5 Å². The Hall–Kier alpha value is -3.34. The van der Waals surface area contributed by atoms with Gasteiger partial charge in [-0.2, -0.15) is 0 Å². The van der Waals surface area contributed by atoms with Crippen molar-refractivity contribution in [1.29, 1.82) is 0 Å². The molecule has 5 heteroatoms. The molecule has 0 bridgehead atoms. The second kappa shape index (κ2) is 8.13. The van der Waals surface area contributed by atoms with Crippen LogP contribution in [0.25, 0.3) is 0 Å². The highest BCUT2D eigenvalue weighted by Crippen LogP contribution is 2.23. The van der Waals surface area contributed by atoms with Crippen molar-refractivity contribution in [2.24, 2.45) is 0 Å². The molecular weight excluding hydrogens is 360 g/mol. The molecule has 0 spiro atoms. The second-order valence-electron chi connectivity index (χ2n) is 6.64. The number of halogens is 2. The van der Waals surface area contributed by atoms with E-state index in [2.05, 4.69) is 0 Å². The molecule has 0 radical (unpaired) electrons. The Morgan fingerprint density at radius 1 is 0.786 bits per heavy atom. The van der Waals surface area contributed by atoms with E-state index in [1.54, 1.807) is 48.5 Å². The maximum absolute atomic E-state index is 14.4. The SMILES string of the molecule is Cc1ccc(C(=O)CN(C(=O)c2ccc(C)cc2)c2ccc(F)cc2F)cc1. The number of rotatable bonds is 5. The minimum atomic E-state index is -0.905. The normalized spacial score (nSPS) is 10.6. The van der Waals surface area contributed by atoms with Gasteiger partial charge in [-0.05, 0) is 38.1 Å². The zero-order chi connectivity index (χ0) is 20.3. The fourth-order valence-corrected chi connectivity index (χ4v) is 2.79. The largest absolute Gasteiger partial charge is 0.298 e. The van der Waals surface area contributed by atoms with Crippen molar-refractivity contribution in [3.8, 4) is 0 Å². The summed E-state index contributed by atoms with van der Waals surface area (Å²) in [4.78, 5) is 26.8. The van der Waals surface area contributed by atoms with Crippen LogP contribution in [0, 0.1) is 25.5 Å². The van der Waals surface area contributed by atoms with Crippen LogP contribution in [0.1, 0.15) is 31.8 Å². The lowest BCUT2D eigenvalue weighted by molar-refractivity contribution is 0.0936. The number of ketones is 1. The summed E-state index contributed by atoms with van der Waals surface area (Å²) in [5.74, 6) is -2.54. The van der Waals surface area contributed by atoms with Crippen LogP contribution in [0.2, 0.25) is 0 Å². The fourth-order valence-electron chi connectivity index (χ4n) is 2.79. The molecule has 3 nitrogen and oxygen atoms in total. The monoisotopic (exact) mass is 379 g/mol. The number of amides is 1. The molecule has 0 saturated carbocycles. The van der Waals surface area contributed by atoms with Gasteiger partial charge in [0.05, 0.1) is 12.2 Å². The molecule has 3 aromatic carbocycles. The fraction of sp³-hybridized carbons (Fsp3) is 0.130. The summed E-state index contributed by atoms with van der Waals surface area (Å²) in [6.07, 6.45) is 0. The molecule has 0 atom stereocenters. The molecule has 0 heterocycles. The number of benzene rings is 3. The predicted molar refractivity (Wildman–Crippen MR) is 105 cm³/mol. The van der Waals surface area contributed by atoms with Crippen LogP contribution in [0.15, 0.2) is 66.7 Å². The quantitative estimate of drug-likeness (QED) is 0.578. The highest BCUT2D eigenvalue weighted by Gasteiger charge is 2.24. The average Bonchev–Trinajstić information content (AvgIpc) is 2.67. The van der Waals surface area contributed by atoms with Crippen molar-refractivity contribution in [1.82, 2.24) is 0 Å². The van der Waals surface area contributed by atoms with E-state index in [0.29, 0.717) is 17.2 Å². The van der Waals surface area contributed by atoms with Gasteiger partial charge in [0.1, 0.15) is 11.6 Å². The predicted octanol–water partition coefficient (Wildman–Crippen LogP) is 5.11. The first-order valence-electron chi connectivity index (χ1n) is 8.78. The zero-order valence-corrected chi connectivity index (χ0v) is 15.6. The minimum absolute atomic E-state index is 0.146. The molecule has 142 valence electrons. The Morgan fingerprint density at radius 2 is 1.32 bits per heavy atom. The lowest BCUT2D eigenvalue weighted by Crippen LogP contribution is -2.36. The third-order valence-corrected chi connectivity index (χ3v) is 4.42. The van der Waals surface area contributed by atoms with Crippen molar-refractivity contribution < 1.29 is 18.4 Å². The maximum atomic E-state index is 14.4. The summed E-state index contributed by atoms with van der Waals surface area (Å²) in [5.41, 5.74) is 2.54. The Balaban J connectivity index is 1.98.